The zero-order valence-corrected chi connectivity index (χ0v) is 17.4. The lowest BCUT2D eigenvalue weighted by molar-refractivity contribution is -0.119. The molecule has 0 heterocycles. The predicted molar refractivity (Wildman–Crippen MR) is 109 cm³/mol. The number of rotatable bonds is 7. The summed E-state index contributed by atoms with van der Waals surface area (Å²) in [6, 6.07) is 6.54. The summed E-state index contributed by atoms with van der Waals surface area (Å²) in [5.41, 5.74) is 1.04. The van der Waals surface area contributed by atoms with Crippen molar-refractivity contribution < 1.29 is 14.3 Å². The summed E-state index contributed by atoms with van der Waals surface area (Å²) in [5.74, 6) is -0.768. The smallest absolute Gasteiger partial charge is 0.338 e. The van der Waals surface area contributed by atoms with Gasteiger partial charge in [-0.1, -0.05) is 48.1 Å². The van der Waals surface area contributed by atoms with Crippen molar-refractivity contribution in [1.29, 1.82) is 0 Å². The van der Waals surface area contributed by atoms with Crippen molar-refractivity contribution in [3.8, 4) is 0 Å². The zero-order chi connectivity index (χ0) is 19.7. The van der Waals surface area contributed by atoms with Crippen molar-refractivity contribution in [3.05, 3.63) is 29.8 Å². The normalized spacial score (nSPS) is 12.0. The average Bonchev–Trinajstić information content (AvgIpc) is 2.53. The van der Waals surface area contributed by atoms with Gasteiger partial charge in [-0.2, -0.15) is 0 Å². The molecule has 1 aromatic carbocycles. The zero-order valence-electron chi connectivity index (χ0n) is 14.3. The van der Waals surface area contributed by atoms with Crippen LogP contribution in [0.5, 0.6) is 0 Å². The Morgan fingerprint density at radius 2 is 1.81 bits per heavy atom. The number of hydrogen-bond donors (Lipinski definition) is 3. The number of carbonyl (C=O) groups is 2. The third kappa shape index (κ3) is 8.40. The van der Waals surface area contributed by atoms with Crippen LogP contribution >= 0.6 is 47.0 Å². The van der Waals surface area contributed by atoms with Gasteiger partial charge in [-0.15, -0.1) is 0 Å². The molecule has 0 aliphatic heterocycles. The van der Waals surface area contributed by atoms with Gasteiger partial charge >= 0.3 is 5.97 Å². The molecule has 1 atom stereocenters. The van der Waals surface area contributed by atoms with Gasteiger partial charge in [0.05, 0.1) is 12.2 Å². The Bertz CT molecular complexity index is 636. The highest BCUT2D eigenvalue weighted by molar-refractivity contribution is 7.80. The minimum atomic E-state index is -1.80. The fourth-order valence-electron chi connectivity index (χ4n) is 1.78. The third-order valence-corrected chi connectivity index (χ3v) is 3.93. The van der Waals surface area contributed by atoms with Gasteiger partial charge in [0, 0.05) is 12.6 Å². The van der Waals surface area contributed by atoms with Gasteiger partial charge in [-0.05, 0) is 42.9 Å². The maximum absolute atomic E-state index is 11.8. The van der Waals surface area contributed by atoms with Gasteiger partial charge in [-0.25, -0.2) is 4.79 Å². The first kappa shape index (κ1) is 22.8. The van der Waals surface area contributed by atoms with E-state index < -0.39 is 9.96 Å². The molecule has 10 heteroatoms. The summed E-state index contributed by atoms with van der Waals surface area (Å²) >= 11 is 22.6. The first-order valence-electron chi connectivity index (χ1n) is 7.82. The molecule has 26 heavy (non-hydrogen) atoms. The minimum absolute atomic E-state index is 0.133. The molecule has 0 saturated carbocycles. The van der Waals surface area contributed by atoms with Crippen LogP contribution in [0.2, 0.25) is 0 Å². The molecule has 0 aliphatic carbocycles. The Kier molecular flexibility index (Phi) is 9.43. The first-order valence-corrected chi connectivity index (χ1v) is 9.36. The van der Waals surface area contributed by atoms with E-state index in [4.69, 9.17) is 51.8 Å². The third-order valence-electron chi connectivity index (χ3n) is 3.06. The summed E-state index contributed by atoms with van der Waals surface area (Å²) < 4.78 is 3.33. The highest BCUT2D eigenvalue weighted by atomic mass is 35.6. The second-order valence-corrected chi connectivity index (χ2v) is 8.12. The summed E-state index contributed by atoms with van der Waals surface area (Å²) in [4.78, 5) is 23.0. The van der Waals surface area contributed by atoms with Crippen LogP contribution < -0.4 is 16.0 Å². The molecule has 0 radical (unpaired) electrons. The molecule has 1 aromatic rings. The van der Waals surface area contributed by atoms with Crippen LogP contribution in [0.25, 0.3) is 0 Å². The SMILES string of the molecule is CCCCOC(=O)c1ccc(NC(=S)N[C@H](NC(C)=O)C(Cl)(Cl)Cl)cc1. The Hall–Kier alpha value is -1.28. The average molecular weight is 441 g/mol. The molecular formula is C16H20Cl3N3O3S. The fraction of sp³-hybridized carbons (Fsp3) is 0.438. The van der Waals surface area contributed by atoms with Crippen molar-refractivity contribution in [2.45, 2.75) is 36.6 Å². The second kappa shape index (κ2) is 10.8. The van der Waals surface area contributed by atoms with Crippen LogP contribution in [0.15, 0.2) is 24.3 Å². The van der Waals surface area contributed by atoms with E-state index >= 15 is 0 Å². The summed E-state index contributed by atoms with van der Waals surface area (Å²) in [6.45, 7) is 3.70. The van der Waals surface area contributed by atoms with Crippen LogP contribution in [0.4, 0.5) is 5.69 Å². The van der Waals surface area contributed by atoms with Crippen molar-refractivity contribution in [2.24, 2.45) is 0 Å². The van der Waals surface area contributed by atoms with E-state index in [1.807, 2.05) is 6.92 Å². The number of esters is 1. The molecule has 0 spiro atoms. The number of carbonyl (C=O) groups excluding carboxylic acids is 2. The molecule has 1 rings (SSSR count). The van der Waals surface area contributed by atoms with Crippen molar-refractivity contribution in [1.82, 2.24) is 10.6 Å². The van der Waals surface area contributed by atoms with Gasteiger partial charge in [-0.3, -0.25) is 4.79 Å². The summed E-state index contributed by atoms with van der Waals surface area (Å²) in [7, 11) is 0. The first-order chi connectivity index (χ1) is 12.1. The van der Waals surface area contributed by atoms with Gasteiger partial charge in [0.1, 0.15) is 6.17 Å². The number of hydrogen-bond acceptors (Lipinski definition) is 4. The molecule has 0 aliphatic rings. The molecule has 0 fully saturated rings. The monoisotopic (exact) mass is 439 g/mol. The Balaban J connectivity index is 2.63. The fourth-order valence-corrected chi connectivity index (χ4v) is 2.35. The Labute approximate surface area is 172 Å². The lowest BCUT2D eigenvalue weighted by Crippen LogP contribution is -2.55. The number of anilines is 1. The van der Waals surface area contributed by atoms with Crippen LogP contribution in [-0.2, 0) is 9.53 Å². The van der Waals surface area contributed by atoms with Crippen LogP contribution in [-0.4, -0.2) is 33.6 Å². The lowest BCUT2D eigenvalue weighted by atomic mass is 10.2. The number of ether oxygens (including phenoxy) is 1. The van der Waals surface area contributed by atoms with E-state index in [1.165, 1.54) is 6.92 Å². The molecule has 0 unspecified atom stereocenters. The van der Waals surface area contributed by atoms with E-state index in [2.05, 4.69) is 16.0 Å². The Morgan fingerprint density at radius 3 is 2.31 bits per heavy atom. The van der Waals surface area contributed by atoms with Gasteiger partial charge in [0.2, 0.25) is 9.70 Å². The van der Waals surface area contributed by atoms with Crippen LogP contribution in [0.3, 0.4) is 0 Å². The standard InChI is InChI=1S/C16H20Cl3N3O3S/c1-3-4-9-25-13(24)11-5-7-12(8-6-11)21-15(26)22-14(16(17,18)19)20-10(2)23/h5-8,14H,3-4,9H2,1-2H3,(H,20,23)(H2,21,22,26)/t14-/m0/s1. The van der Waals surface area contributed by atoms with Gasteiger partial charge < -0.3 is 20.7 Å². The van der Waals surface area contributed by atoms with E-state index in [1.54, 1.807) is 24.3 Å². The summed E-state index contributed by atoms with van der Waals surface area (Å²) in [6.07, 6.45) is 0.760. The topological polar surface area (TPSA) is 79.5 Å². The van der Waals surface area contributed by atoms with Crippen molar-refractivity contribution in [3.63, 3.8) is 0 Å². The van der Waals surface area contributed by atoms with Gasteiger partial charge in [0.25, 0.3) is 0 Å². The summed E-state index contributed by atoms with van der Waals surface area (Å²) in [5, 5.41) is 8.17. The predicted octanol–water partition coefficient (Wildman–Crippen LogP) is 3.76. The second-order valence-electron chi connectivity index (χ2n) is 5.34. The largest absolute Gasteiger partial charge is 0.462 e. The highest BCUT2D eigenvalue weighted by Crippen LogP contribution is 2.29. The molecule has 6 nitrogen and oxygen atoms in total. The minimum Gasteiger partial charge on any atom is -0.462 e. The number of thiocarbonyl (C=S) groups is 1. The number of alkyl halides is 3. The van der Waals surface area contributed by atoms with E-state index in [9.17, 15) is 9.59 Å². The molecule has 3 N–H and O–H groups in total. The van der Waals surface area contributed by atoms with E-state index in [0.29, 0.717) is 17.9 Å². The van der Waals surface area contributed by atoms with Crippen molar-refractivity contribution >= 4 is 69.7 Å². The number of benzene rings is 1. The number of unbranched alkanes of at least 4 members (excludes halogenated alkanes) is 1. The Morgan fingerprint density at radius 1 is 1.19 bits per heavy atom. The van der Waals surface area contributed by atoms with E-state index in [0.717, 1.165) is 12.8 Å². The highest BCUT2D eigenvalue weighted by Gasteiger charge is 2.34. The van der Waals surface area contributed by atoms with Gasteiger partial charge in [0.15, 0.2) is 5.11 Å². The van der Waals surface area contributed by atoms with Crippen molar-refractivity contribution in [2.75, 3.05) is 11.9 Å². The maximum atomic E-state index is 11.8. The number of halogens is 3. The molecule has 1 amide bonds. The molecular weight excluding hydrogens is 421 g/mol. The van der Waals surface area contributed by atoms with Crippen LogP contribution in [0.1, 0.15) is 37.0 Å². The molecule has 144 valence electrons. The molecule has 0 aromatic heterocycles. The number of amides is 1. The maximum Gasteiger partial charge on any atom is 0.338 e. The lowest BCUT2D eigenvalue weighted by Gasteiger charge is -2.27. The number of nitrogens with one attached hydrogen (secondary N) is 3. The quantitative estimate of drug-likeness (QED) is 0.197. The molecule has 0 saturated heterocycles. The van der Waals surface area contributed by atoms with E-state index in [-0.39, 0.29) is 17.0 Å². The molecule has 0 bridgehead atoms. The van der Waals surface area contributed by atoms with Crippen LogP contribution in [0, 0.1) is 0 Å².